The average Bonchev–Trinajstić information content (AvgIpc) is 3.08. The predicted octanol–water partition coefficient (Wildman–Crippen LogP) is 6.70. The summed E-state index contributed by atoms with van der Waals surface area (Å²) in [5.74, 6) is -6.00. The first-order valence-electron chi connectivity index (χ1n) is 15.6. The summed E-state index contributed by atoms with van der Waals surface area (Å²) in [6, 6.07) is 24.0. The maximum absolute atomic E-state index is 15.2. The molecular weight excluding hydrogens is 623 g/mol. The van der Waals surface area contributed by atoms with E-state index in [9.17, 15) is 19.1 Å². The number of para-hydroxylation sites is 2. The van der Waals surface area contributed by atoms with Crippen molar-refractivity contribution < 1.29 is 37.3 Å². The normalized spacial score (nSPS) is 17.2. The van der Waals surface area contributed by atoms with Gasteiger partial charge in [-0.15, -0.1) is 0 Å². The van der Waals surface area contributed by atoms with Crippen LogP contribution in [0.15, 0.2) is 97.1 Å². The van der Waals surface area contributed by atoms with E-state index in [1.807, 2.05) is 31.0 Å². The van der Waals surface area contributed by atoms with Crippen LogP contribution < -0.4 is 14.8 Å². The number of ether oxygens (including phenoxy) is 2. The fourth-order valence-corrected chi connectivity index (χ4v) is 5.54. The van der Waals surface area contributed by atoms with Gasteiger partial charge in [0.2, 0.25) is 0 Å². The fraction of sp³-hybridized carbons (Fsp3) is 0.297. The topological polar surface area (TPSA) is 91.3 Å². The summed E-state index contributed by atoms with van der Waals surface area (Å²) < 4.78 is 56.5. The molecule has 3 atom stereocenters. The molecule has 11 heteroatoms. The average molecular weight is 662 g/mol. The van der Waals surface area contributed by atoms with Crippen LogP contribution in [-0.2, 0) is 17.3 Å². The van der Waals surface area contributed by atoms with E-state index in [0.29, 0.717) is 18.8 Å². The lowest BCUT2D eigenvalue weighted by Gasteiger charge is -2.38. The third-order valence-corrected chi connectivity index (χ3v) is 8.29. The lowest BCUT2D eigenvalue weighted by molar-refractivity contribution is -0.140. The van der Waals surface area contributed by atoms with E-state index in [2.05, 4.69) is 5.32 Å². The molecular formula is C37H38F3N3O5. The van der Waals surface area contributed by atoms with Gasteiger partial charge in [-0.25, -0.2) is 4.39 Å². The summed E-state index contributed by atoms with van der Waals surface area (Å²) in [5, 5.41) is 12.3. The molecule has 8 nitrogen and oxygen atoms in total. The highest BCUT2D eigenvalue weighted by molar-refractivity contribution is 6.03. The van der Waals surface area contributed by atoms with Gasteiger partial charge in [0.15, 0.2) is 17.3 Å². The van der Waals surface area contributed by atoms with E-state index in [1.54, 1.807) is 43.3 Å². The molecule has 0 saturated heterocycles. The van der Waals surface area contributed by atoms with Crippen LogP contribution in [0.3, 0.4) is 0 Å². The molecule has 0 radical (unpaired) electrons. The third-order valence-electron chi connectivity index (χ3n) is 8.29. The summed E-state index contributed by atoms with van der Waals surface area (Å²) in [6.07, 6.45) is -0.549. The molecule has 0 bridgehead atoms. The minimum absolute atomic E-state index is 0.0190. The van der Waals surface area contributed by atoms with Crippen LogP contribution in [0, 0.1) is 11.7 Å². The highest BCUT2D eigenvalue weighted by atomic mass is 19.3. The summed E-state index contributed by atoms with van der Waals surface area (Å²) >= 11 is 0. The first-order valence-corrected chi connectivity index (χ1v) is 15.6. The van der Waals surface area contributed by atoms with E-state index in [-0.39, 0.29) is 41.8 Å². The van der Waals surface area contributed by atoms with Gasteiger partial charge in [-0.2, -0.15) is 8.78 Å². The van der Waals surface area contributed by atoms with Gasteiger partial charge in [0.05, 0.1) is 23.9 Å². The Morgan fingerprint density at radius 3 is 2.42 bits per heavy atom. The number of carbonyl (C=O) groups excluding carboxylic acids is 2. The van der Waals surface area contributed by atoms with Crippen LogP contribution in [-0.4, -0.2) is 65.6 Å². The van der Waals surface area contributed by atoms with Crippen LogP contribution >= 0.6 is 0 Å². The van der Waals surface area contributed by atoms with Crippen LogP contribution in [0.25, 0.3) is 0 Å². The standard InChI is InChI=1S/C37H38F3N3O5/c1-24-20-43(25(2)23-44)35(45)29-12-9-14-31(41-36(46)37(39,40)27-10-5-4-6-11-27)34(29)48-33(24)22-42(3)21-26-16-18-28(19-17-26)47-32-15-8-7-13-30(32)38/h4-19,24-25,33,44H,20-23H2,1-3H3,(H,41,46)/t24-,25?,33-/m1/s1. The first-order chi connectivity index (χ1) is 23.0. The van der Waals surface area contributed by atoms with Crippen molar-refractivity contribution in [2.45, 2.75) is 38.5 Å². The number of alkyl halides is 2. The van der Waals surface area contributed by atoms with Crippen molar-refractivity contribution in [3.05, 3.63) is 120 Å². The predicted molar refractivity (Wildman–Crippen MR) is 176 cm³/mol. The van der Waals surface area contributed by atoms with Gasteiger partial charge in [-0.3, -0.25) is 14.5 Å². The smallest absolute Gasteiger partial charge is 0.350 e. The molecule has 2 amide bonds. The number of hydrogen-bond acceptors (Lipinski definition) is 6. The zero-order valence-electron chi connectivity index (χ0n) is 26.9. The van der Waals surface area contributed by atoms with Gasteiger partial charge >= 0.3 is 5.92 Å². The van der Waals surface area contributed by atoms with Gasteiger partial charge < -0.3 is 24.8 Å². The molecule has 1 aliphatic rings. The van der Waals surface area contributed by atoms with Crippen molar-refractivity contribution in [2.24, 2.45) is 5.92 Å². The van der Waals surface area contributed by atoms with Crippen LogP contribution in [0.4, 0.5) is 18.9 Å². The molecule has 0 aliphatic carbocycles. The number of anilines is 1. The Balaban J connectivity index is 1.38. The van der Waals surface area contributed by atoms with E-state index in [1.165, 1.54) is 53.4 Å². The molecule has 1 heterocycles. The molecule has 1 unspecified atom stereocenters. The molecule has 2 N–H and O–H groups in total. The molecule has 0 saturated carbocycles. The van der Waals surface area contributed by atoms with Crippen molar-refractivity contribution in [3.63, 3.8) is 0 Å². The summed E-state index contributed by atoms with van der Waals surface area (Å²) in [7, 11) is 1.90. The Morgan fingerprint density at radius 2 is 1.73 bits per heavy atom. The Kier molecular flexibility index (Phi) is 10.7. The number of hydrogen-bond donors (Lipinski definition) is 2. The summed E-state index contributed by atoms with van der Waals surface area (Å²) in [4.78, 5) is 30.3. The van der Waals surface area contributed by atoms with Gasteiger partial charge in [-0.05, 0) is 55.9 Å². The highest BCUT2D eigenvalue weighted by Crippen LogP contribution is 2.37. The number of halogens is 3. The van der Waals surface area contributed by atoms with Crippen molar-refractivity contribution in [1.82, 2.24) is 9.80 Å². The molecule has 48 heavy (non-hydrogen) atoms. The van der Waals surface area contributed by atoms with E-state index in [4.69, 9.17) is 9.47 Å². The van der Waals surface area contributed by atoms with E-state index >= 15 is 8.78 Å². The Bertz CT molecular complexity index is 1720. The van der Waals surface area contributed by atoms with Gasteiger partial charge in [0.1, 0.15) is 11.9 Å². The molecule has 252 valence electrons. The Hall–Kier alpha value is -4.87. The maximum atomic E-state index is 15.2. The van der Waals surface area contributed by atoms with Crippen LogP contribution in [0.1, 0.15) is 35.3 Å². The molecule has 0 spiro atoms. The van der Waals surface area contributed by atoms with E-state index in [0.717, 1.165) is 5.56 Å². The molecule has 4 aromatic rings. The summed E-state index contributed by atoms with van der Waals surface area (Å²) in [6.45, 7) is 4.48. The van der Waals surface area contributed by atoms with Gasteiger partial charge in [0.25, 0.3) is 11.8 Å². The lowest BCUT2D eigenvalue weighted by Crippen LogP contribution is -2.49. The second-order valence-electron chi connectivity index (χ2n) is 12.1. The molecule has 1 aliphatic heterocycles. The fourth-order valence-electron chi connectivity index (χ4n) is 5.54. The van der Waals surface area contributed by atoms with Gasteiger partial charge in [0, 0.05) is 31.1 Å². The van der Waals surface area contributed by atoms with Crippen molar-refractivity contribution in [3.8, 4) is 17.2 Å². The number of rotatable bonds is 11. The second kappa shape index (κ2) is 14.9. The van der Waals surface area contributed by atoms with Crippen molar-refractivity contribution in [1.29, 1.82) is 0 Å². The number of nitrogens with zero attached hydrogens (tertiary/aromatic N) is 2. The van der Waals surface area contributed by atoms with Crippen molar-refractivity contribution >= 4 is 17.5 Å². The number of benzene rings is 4. The maximum Gasteiger partial charge on any atom is 0.350 e. The molecule has 0 aromatic heterocycles. The van der Waals surface area contributed by atoms with Crippen LogP contribution in [0.2, 0.25) is 0 Å². The second-order valence-corrected chi connectivity index (χ2v) is 12.1. The number of aliphatic hydroxyl groups excluding tert-OH is 1. The quantitative estimate of drug-likeness (QED) is 0.186. The SMILES string of the molecule is CC(CO)N1C[C@@H](C)[C@@H](CN(C)Cc2ccc(Oc3ccccc3F)cc2)Oc2c(NC(=O)C(F)(F)c3ccccc3)cccc2C1=O. The number of aliphatic hydroxyl groups is 1. The number of likely N-dealkylation sites (N-methyl/N-ethyl adjacent to an activating group) is 1. The first kappa shape index (κ1) is 34.5. The summed E-state index contributed by atoms with van der Waals surface area (Å²) in [5.41, 5.74) is 0.492. The third kappa shape index (κ3) is 7.80. The zero-order valence-corrected chi connectivity index (χ0v) is 26.9. The monoisotopic (exact) mass is 661 g/mol. The minimum atomic E-state index is -3.85. The number of fused-ring (bicyclic) bond motifs is 1. The number of carbonyl (C=O) groups is 2. The highest BCUT2D eigenvalue weighted by Gasteiger charge is 2.42. The minimum Gasteiger partial charge on any atom is -0.486 e. The Labute approximate surface area is 277 Å². The number of nitrogens with one attached hydrogen (secondary N) is 1. The lowest BCUT2D eigenvalue weighted by atomic mass is 9.98. The van der Waals surface area contributed by atoms with Crippen molar-refractivity contribution in [2.75, 3.05) is 32.1 Å². The largest absolute Gasteiger partial charge is 0.486 e. The number of amides is 2. The Morgan fingerprint density at radius 1 is 1.04 bits per heavy atom. The van der Waals surface area contributed by atoms with E-state index < -0.39 is 41.3 Å². The molecule has 0 fully saturated rings. The molecule has 4 aromatic carbocycles. The van der Waals surface area contributed by atoms with Gasteiger partial charge in [-0.1, -0.05) is 67.6 Å². The molecule has 5 rings (SSSR count). The van der Waals surface area contributed by atoms with Crippen LogP contribution in [0.5, 0.6) is 17.2 Å². The zero-order chi connectivity index (χ0) is 34.4.